The van der Waals surface area contributed by atoms with Crippen LogP contribution in [0.15, 0.2) is 30.3 Å². The quantitative estimate of drug-likeness (QED) is 0.389. The SMILES string of the molecule is CCCC[C@@H]1CC(=O)O[C@@H](CO[Si](C)(C)C(C)(C)C)[C@H]1OCc1ccccc1. The van der Waals surface area contributed by atoms with Crippen LogP contribution in [0, 0.1) is 5.92 Å². The third-order valence-electron chi connectivity index (χ3n) is 6.17. The van der Waals surface area contributed by atoms with E-state index >= 15 is 0 Å². The molecular weight excluding hydrogens is 368 g/mol. The van der Waals surface area contributed by atoms with E-state index in [-0.39, 0.29) is 29.1 Å². The highest BCUT2D eigenvalue weighted by Gasteiger charge is 2.43. The lowest BCUT2D eigenvalue weighted by molar-refractivity contribution is -0.183. The Hall–Kier alpha value is -1.17. The summed E-state index contributed by atoms with van der Waals surface area (Å²) < 4.78 is 18.5. The Morgan fingerprint density at radius 2 is 1.86 bits per heavy atom. The molecule has 0 radical (unpaired) electrons. The summed E-state index contributed by atoms with van der Waals surface area (Å²) in [5, 5.41) is 0.119. The Kier molecular flexibility index (Phi) is 8.28. The van der Waals surface area contributed by atoms with E-state index in [2.05, 4.69) is 52.9 Å². The van der Waals surface area contributed by atoms with Crippen molar-refractivity contribution in [3.8, 4) is 0 Å². The zero-order valence-electron chi connectivity index (χ0n) is 18.5. The van der Waals surface area contributed by atoms with Gasteiger partial charge in [-0.2, -0.15) is 0 Å². The zero-order chi connectivity index (χ0) is 20.8. The average molecular weight is 407 g/mol. The van der Waals surface area contributed by atoms with Crippen LogP contribution in [0.3, 0.4) is 0 Å². The minimum absolute atomic E-state index is 0.116. The summed E-state index contributed by atoms with van der Waals surface area (Å²) >= 11 is 0. The molecule has 0 N–H and O–H groups in total. The molecule has 0 bridgehead atoms. The maximum absolute atomic E-state index is 12.3. The Morgan fingerprint density at radius 3 is 2.46 bits per heavy atom. The number of unbranched alkanes of at least 4 members (excludes halogenated alkanes) is 1. The van der Waals surface area contributed by atoms with Crippen LogP contribution in [0.4, 0.5) is 0 Å². The predicted octanol–water partition coefficient (Wildman–Crippen LogP) is 5.72. The topological polar surface area (TPSA) is 44.8 Å². The van der Waals surface area contributed by atoms with E-state index in [1.54, 1.807) is 0 Å². The van der Waals surface area contributed by atoms with E-state index in [9.17, 15) is 4.79 Å². The van der Waals surface area contributed by atoms with Crippen LogP contribution < -0.4 is 0 Å². The first-order valence-corrected chi connectivity index (χ1v) is 13.5. The molecular formula is C23H38O4Si. The van der Waals surface area contributed by atoms with Crippen LogP contribution in [-0.4, -0.2) is 33.1 Å². The van der Waals surface area contributed by atoms with E-state index in [4.69, 9.17) is 13.9 Å². The van der Waals surface area contributed by atoms with Gasteiger partial charge in [-0.1, -0.05) is 70.9 Å². The molecule has 0 amide bonds. The summed E-state index contributed by atoms with van der Waals surface area (Å²) in [6, 6.07) is 10.2. The van der Waals surface area contributed by atoms with E-state index < -0.39 is 8.32 Å². The van der Waals surface area contributed by atoms with Crippen molar-refractivity contribution in [2.45, 2.75) is 90.3 Å². The van der Waals surface area contributed by atoms with Gasteiger partial charge in [0.2, 0.25) is 0 Å². The molecule has 1 aliphatic heterocycles. The van der Waals surface area contributed by atoms with Gasteiger partial charge in [0.1, 0.15) is 6.10 Å². The maximum Gasteiger partial charge on any atom is 0.306 e. The van der Waals surface area contributed by atoms with Gasteiger partial charge in [0, 0.05) is 0 Å². The van der Waals surface area contributed by atoms with Crippen LogP contribution in [-0.2, 0) is 25.3 Å². The summed E-state index contributed by atoms with van der Waals surface area (Å²) in [7, 11) is -1.92. The van der Waals surface area contributed by atoms with Crippen LogP contribution in [0.1, 0.15) is 58.9 Å². The molecule has 3 atom stereocenters. The molecule has 0 saturated carbocycles. The normalized spacial score (nSPS) is 23.5. The molecule has 1 fully saturated rings. The summed E-state index contributed by atoms with van der Waals surface area (Å²) in [5.74, 6) is 0.0717. The van der Waals surface area contributed by atoms with Crippen LogP contribution in [0.2, 0.25) is 18.1 Å². The molecule has 1 saturated heterocycles. The second-order valence-corrected chi connectivity index (χ2v) is 14.3. The Labute approximate surface area is 172 Å². The number of hydrogen-bond donors (Lipinski definition) is 0. The number of benzene rings is 1. The molecule has 0 spiro atoms. The first kappa shape index (κ1) is 23.1. The molecule has 0 unspecified atom stereocenters. The lowest BCUT2D eigenvalue weighted by Crippen LogP contribution is -2.50. The highest BCUT2D eigenvalue weighted by atomic mass is 28.4. The fourth-order valence-electron chi connectivity index (χ4n) is 3.30. The van der Waals surface area contributed by atoms with Gasteiger partial charge in [0.05, 0.1) is 19.6 Å². The van der Waals surface area contributed by atoms with Gasteiger partial charge in [-0.15, -0.1) is 0 Å². The monoisotopic (exact) mass is 406 g/mol. The predicted molar refractivity (Wildman–Crippen MR) is 116 cm³/mol. The van der Waals surface area contributed by atoms with Crippen molar-refractivity contribution < 1.29 is 18.7 Å². The van der Waals surface area contributed by atoms with E-state index in [0.29, 0.717) is 19.6 Å². The maximum atomic E-state index is 12.3. The highest BCUT2D eigenvalue weighted by molar-refractivity contribution is 6.74. The van der Waals surface area contributed by atoms with Crippen molar-refractivity contribution in [2.75, 3.05) is 6.61 Å². The number of hydrogen-bond acceptors (Lipinski definition) is 4. The largest absolute Gasteiger partial charge is 0.457 e. The minimum Gasteiger partial charge on any atom is -0.457 e. The van der Waals surface area contributed by atoms with Crippen molar-refractivity contribution in [1.82, 2.24) is 0 Å². The molecule has 4 nitrogen and oxygen atoms in total. The van der Waals surface area contributed by atoms with E-state index in [0.717, 1.165) is 24.8 Å². The zero-order valence-corrected chi connectivity index (χ0v) is 19.5. The fourth-order valence-corrected chi connectivity index (χ4v) is 4.31. The summed E-state index contributed by atoms with van der Waals surface area (Å²) in [6.07, 6.45) is 3.19. The number of ether oxygens (including phenoxy) is 2. The van der Waals surface area contributed by atoms with Crippen molar-refractivity contribution >= 4 is 14.3 Å². The Morgan fingerprint density at radius 1 is 1.18 bits per heavy atom. The van der Waals surface area contributed by atoms with Gasteiger partial charge >= 0.3 is 5.97 Å². The van der Waals surface area contributed by atoms with Gasteiger partial charge in [0.15, 0.2) is 14.4 Å². The number of esters is 1. The van der Waals surface area contributed by atoms with Crippen molar-refractivity contribution in [2.24, 2.45) is 5.92 Å². The molecule has 0 aromatic heterocycles. The molecule has 5 heteroatoms. The molecule has 158 valence electrons. The number of carbonyl (C=O) groups excluding carboxylic acids is 1. The number of rotatable bonds is 9. The van der Waals surface area contributed by atoms with Gasteiger partial charge in [-0.05, 0) is 36.0 Å². The lowest BCUT2D eigenvalue weighted by Gasteiger charge is -2.41. The second-order valence-electron chi connectivity index (χ2n) is 9.47. The molecule has 1 aromatic rings. The smallest absolute Gasteiger partial charge is 0.306 e. The van der Waals surface area contributed by atoms with Crippen molar-refractivity contribution in [1.29, 1.82) is 0 Å². The lowest BCUT2D eigenvalue weighted by atomic mass is 9.87. The van der Waals surface area contributed by atoms with E-state index in [1.165, 1.54) is 0 Å². The van der Waals surface area contributed by atoms with Crippen LogP contribution in [0.5, 0.6) is 0 Å². The Balaban J connectivity index is 2.11. The molecule has 1 aromatic carbocycles. The number of carbonyl (C=O) groups is 1. The minimum atomic E-state index is -1.92. The standard InChI is InChI=1S/C23H38O4Si/c1-7-8-14-19-15-21(24)27-20(17-26-28(5,6)23(2,3)4)22(19)25-16-18-12-10-9-11-13-18/h9-13,19-20,22H,7-8,14-17H2,1-6H3/t19-,20+,22+/m1/s1. The van der Waals surface area contributed by atoms with Gasteiger partial charge in [0.25, 0.3) is 0 Å². The first-order valence-electron chi connectivity index (χ1n) is 10.6. The van der Waals surface area contributed by atoms with Crippen molar-refractivity contribution in [3.63, 3.8) is 0 Å². The molecule has 28 heavy (non-hydrogen) atoms. The molecule has 1 heterocycles. The van der Waals surface area contributed by atoms with Gasteiger partial charge in [-0.3, -0.25) is 4.79 Å². The third kappa shape index (κ3) is 6.43. The van der Waals surface area contributed by atoms with Crippen LogP contribution in [0.25, 0.3) is 0 Å². The van der Waals surface area contributed by atoms with E-state index in [1.807, 2.05) is 18.2 Å². The van der Waals surface area contributed by atoms with Crippen LogP contribution >= 0.6 is 0 Å². The summed E-state index contributed by atoms with van der Waals surface area (Å²) in [6.45, 7) is 14.3. The second kappa shape index (κ2) is 10.0. The first-order chi connectivity index (χ1) is 13.1. The summed E-state index contributed by atoms with van der Waals surface area (Å²) in [4.78, 5) is 12.3. The third-order valence-corrected chi connectivity index (χ3v) is 10.7. The van der Waals surface area contributed by atoms with Gasteiger partial charge < -0.3 is 13.9 Å². The Bertz CT molecular complexity index is 609. The molecule has 0 aliphatic carbocycles. The molecule has 2 rings (SSSR count). The number of cyclic esters (lactones) is 1. The van der Waals surface area contributed by atoms with Gasteiger partial charge in [-0.25, -0.2) is 0 Å². The fraction of sp³-hybridized carbons (Fsp3) is 0.696. The summed E-state index contributed by atoms with van der Waals surface area (Å²) in [5.41, 5.74) is 1.14. The highest BCUT2D eigenvalue weighted by Crippen LogP contribution is 2.37. The molecule has 1 aliphatic rings. The average Bonchev–Trinajstić information content (AvgIpc) is 2.63. The van der Waals surface area contributed by atoms with Crippen molar-refractivity contribution in [3.05, 3.63) is 35.9 Å².